The summed E-state index contributed by atoms with van der Waals surface area (Å²) in [6.45, 7) is 9.70. The molecule has 0 N–H and O–H groups in total. The summed E-state index contributed by atoms with van der Waals surface area (Å²) in [5.41, 5.74) is 0.0653. The van der Waals surface area contributed by atoms with Crippen LogP contribution < -0.4 is 5.46 Å². The molecule has 0 atom stereocenters. The predicted octanol–water partition coefficient (Wildman–Crippen LogP) is 2.49. The van der Waals surface area contributed by atoms with Gasteiger partial charge in [0.2, 0.25) is 5.95 Å². The van der Waals surface area contributed by atoms with Gasteiger partial charge in [0.05, 0.1) is 29.7 Å². The highest BCUT2D eigenvalue weighted by Crippen LogP contribution is 2.36. The number of rotatable bonds is 4. The van der Waals surface area contributed by atoms with Crippen LogP contribution in [0.3, 0.4) is 0 Å². The standard InChI is InChI=1S/C18H22BFN2O4/c1-6-24-16(23)14-11-21-22(15(14)20)13-9-7-8-12(10-13)19-25-17(2,3)18(4,5)26-19/h7-11H,6H2,1-5H3. The van der Waals surface area contributed by atoms with Crippen molar-refractivity contribution in [1.82, 2.24) is 9.78 Å². The number of halogens is 1. The first kappa shape index (κ1) is 18.6. The third-order valence-electron chi connectivity index (χ3n) is 4.85. The Labute approximate surface area is 152 Å². The molecule has 138 valence electrons. The minimum atomic E-state index is -0.769. The zero-order valence-corrected chi connectivity index (χ0v) is 15.6. The van der Waals surface area contributed by atoms with Crippen molar-refractivity contribution in [3.8, 4) is 5.69 Å². The molecule has 3 rings (SSSR count). The lowest BCUT2D eigenvalue weighted by Gasteiger charge is -2.32. The lowest BCUT2D eigenvalue weighted by Crippen LogP contribution is -2.41. The number of benzene rings is 1. The van der Waals surface area contributed by atoms with Gasteiger partial charge < -0.3 is 14.0 Å². The summed E-state index contributed by atoms with van der Waals surface area (Å²) < 4.78 is 32.5. The number of ether oxygens (including phenoxy) is 1. The summed E-state index contributed by atoms with van der Waals surface area (Å²) in [5, 5.41) is 3.97. The maximum Gasteiger partial charge on any atom is 0.494 e. The summed E-state index contributed by atoms with van der Waals surface area (Å²) in [5.74, 6) is -1.51. The second-order valence-electron chi connectivity index (χ2n) is 7.16. The van der Waals surface area contributed by atoms with Crippen molar-refractivity contribution in [2.24, 2.45) is 0 Å². The van der Waals surface area contributed by atoms with Gasteiger partial charge in [-0.2, -0.15) is 9.49 Å². The third kappa shape index (κ3) is 3.15. The molecule has 0 unspecified atom stereocenters. The second kappa shape index (κ2) is 6.52. The molecule has 0 bridgehead atoms. The number of carbonyl (C=O) groups excluding carboxylic acids is 1. The molecule has 26 heavy (non-hydrogen) atoms. The van der Waals surface area contributed by atoms with Crippen LogP contribution in [0.15, 0.2) is 30.5 Å². The molecule has 1 fully saturated rings. The quantitative estimate of drug-likeness (QED) is 0.619. The molecular weight excluding hydrogens is 338 g/mol. The van der Waals surface area contributed by atoms with Crippen LogP contribution in [0, 0.1) is 5.95 Å². The average molecular weight is 360 g/mol. The van der Waals surface area contributed by atoms with Gasteiger partial charge in [0.15, 0.2) is 0 Å². The van der Waals surface area contributed by atoms with Crippen molar-refractivity contribution < 1.29 is 23.2 Å². The summed E-state index contributed by atoms with van der Waals surface area (Å²) in [4.78, 5) is 11.8. The van der Waals surface area contributed by atoms with E-state index in [2.05, 4.69) is 5.10 Å². The van der Waals surface area contributed by atoms with E-state index in [-0.39, 0.29) is 12.2 Å². The van der Waals surface area contributed by atoms with E-state index in [9.17, 15) is 9.18 Å². The zero-order chi connectivity index (χ0) is 19.1. The van der Waals surface area contributed by atoms with Crippen molar-refractivity contribution in [3.63, 3.8) is 0 Å². The number of nitrogens with zero attached hydrogens (tertiary/aromatic N) is 2. The van der Waals surface area contributed by atoms with E-state index >= 15 is 0 Å². The Bertz CT molecular complexity index is 818. The molecule has 8 heteroatoms. The van der Waals surface area contributed by atoms with Crippen molar-refractivity contribution in [1.29, 1.82) is 0 Å². The van der Waals surface area contributed by atoms with E-state index in [1.54, 1.807) is 25.1 Å². The van der Waals surface area contributed by atoms with E-state index in [1.807, 2.05) is 33.8 Å². The fourth-order valence-corrected chi connectivity index (χ4v) is 2.64. The van der Waals surface area contributed by atoms with E-state index in [1.165, 1.54) is 0 Å². The molecule has 0 radical (unpaired) electrons. The highest BCUT2D eigenvalue weighted by atomic mass is 19.1. The Morgan fingerprint density at radius 2 is 1.92 bits per heavy atom. The van der Waals surface area contributed by atoms with Crippen molar-refractivity contribution in [2.75, 3.05) is 6.61 Å². The Morgan fingerprint density at radius 3 is 2.54 bits per heavy atom. The molecule has 0 aliphatic carbocycles. The van der Waals surface area contributed by atoms with Gasteiger partial charge in [-0.25, -0.2) is 9.48 Å². The van der Waals surface area contributed by atoms with E-state index < -0.39 is 30.2 Å². The van der Waals surface area contributed by atoms with Crippen LogP contribution in [0.25, 0.3) is 5.69 Å². The molecule has 2 heterocycles. The fourth-order valence-electron chi connectivity index (χ4n) is 2.64. The van der Waals surface area contributed by atoms with Gasteiger partial charge in [-0.3, -0.25) is 0 Å². The highest BCUT2D eigenvalue weighted by Gasteiger charge is 2.51. The monoisotopic (exact) mass is 360 g/mol. The topological polar surface area (TPSA) is 62.6 Å². The summed E-state index contributed by atoms with van der Waals surface area (Å²) in [7, 11) is -0.567. The summed E-state index contributed by atoms with van der Waals surface area (Å²) in [6, 6.07) is 7.03. The molecule has 1 aromatic carbocycles. The molecule has 1 aliphatic heterocycles. The lowest BCUT2D eigenvalue weighted by atomic mass is 9.79. The SMILES string of the molecule is CCOC(=O)c1cnn(-c2cccc(B3OC(C)(C)C(C)(C)O3)c2)c1F. The first-order chi connectivity index (χ1) is 12.2. The maximum atomic E-state index is 14.6. The van der Waals surface area contributed by atoms with Crippen LogP contribution in [0.4, 0.5) is 4.39 Å². The Kier molecular flexibility index (Phi) is 4.66. The van der Waals surface area contributed by atoms with Gasteiger partial charge >= 0.3 is 13.1 Å². The van der Waals surface area contributed by atoms with Crippen LogP contribution in [-0.2, 0) is 14.0 Å². The highest BCUT2D eigenvalue weighted by molar-refractivity contribution is 6.62. The molecular formula is C18H22BFN2O4. The molecule has 0 spiro atoms. The number of hydrogen-bond donors (Lipinski definition) is 0. The molecule has 1 saturated heterocycles. The van der Waals surface area contributed by atoms with Gasteiger partial charge in [-0.05, 0) is 52.2 Å². The Balaban J connectivity index is 1.91. The van der Waals surface area contributed by atoms with Crippen LogP contribution in [0.2, 0.25) is 0 Å². The average Bonchev–Trinajstić information content (AvgIpc) is 3.05. The fraction of sp³-hybridized carbons (Fsp3) is 0.444. The van der Waals surface area contributed by atoms with E-state index in [4.69, 9.17) is 14.0 Å². The summed E-state index contributed by atoms with van der Waals surface area (Å²) >= 11 is 0. The number of esters is 1. The van der Waals surface area contributed by atoms with Crippen LogP contribution in [-0.4, -0.2) is 40.7 Å². The molecule has 2 aromatic rings. The van der Waals surface area contributed by atoms with Gasteiger partial charge in [-0.15, -0.1) is 0 Å². The van der Waals surface area contributed by atoms with Crippen molar-refractivity contribution >= 4 is 18.6 Å². The summed E-state index contributed by atoms with van der Waals surface area (Å²) in [6.07, 6.45) is 1.16. The van der Waals surface area contributed by atoms with Gasteiger partial charge in [0, 0.05) is 0 Å². The minimum absolute atomic E-state index is 0.168. The maximum absolute atomic E-state index is 14.6. The minimum Gasteiger partial charge on any atom is -0.462 e. The third-order valence-corrected chi connectivity index (χ3v) is 4.85. The first-order valence-electron chi connectivity index (χ1n) is 8.53. The van der Waals surface area contributed by atoms with Crippen molar-refractivity contribution in [2.45, 2.75) is 45.8 Å². The lowest BCUT2D eigenvalue weighted by molar-refractivity contribution is 0.00578. The van der Waals surface area contributed by atoms with Crippen LogP contribution in [0.5, 0.6) is 0 Å². The van der Waals surface area contributed by atoms with E-state index in [0.717, 1.165) is 16.3 Å². The van der Waals surface area contributed by atoms with E-state index in [0.29, 0.717) is 5.69 Å². The van der Waals surface area contributed by atoms with Gasteiger partial charge in [0.1, 0.15) is 5.56 Å². The van der Waals surface area contributed by atoms with Gasteiger partial charge in [-0.1, -0.05) is 12.1 Å². The van der Waals surface area contributed by atoms with Gasteiger partial charge in [0.25, 0.3) is 0 Å². The smallest absolute Gasteiger partial charge is 0.462 e. The molecule has 6 nitrogen and oxygen atoms in total. The molecule has 1 aliphatic rings. The first-order valence-corrected chi connectivity index (χ1v) is 8.53. The second-order valence-corrected chi connectivity index (χ2v) is 7.16. The van der Waals surface area contributed by atoms with Crippen molar-refractivity contribution in [3.05, 3.63) is 42.0 Å². The number of hydrogen-bond acceptors (Lipinski definition) is 5. The predicted molar refractivity (Wildman–Crippen MR) is 95.2 cm³/mol. The zero-order valence-electron chi connectivity index (χ0n) is 15.6. The Hall–Kier alpha value is -2.19. The number of carbonyl (C=O) groups is 1. The number of aromatic nitrogens is 2. The normalized spacial score (nSPS) is 18.2. The largest absolute Gasteiger partial charge is 0.494 e. The molecule has 0 amide bonds. The Morgan fingerprint density at radius 1 is 1.27 bits per heavy atom. The molecule has 1 aromatic heterocycles. The van der Waals surface area contributed by atoms with Crippen LogP contribution >= 0.6 is 0 Å². The van der Waals surface area contributed by atoms with Crippen LogP contribution in [0.1, 0.15) is 45.0 Å². The molecule has 0 saturated carbocycles.